The van der Waals surface area contributed by atoms with Gasteiger partial charge >= 0.3 is 0 Å². The Bertz CT molecular complexity index is 2950. The Kier molecular flexibility index (Phi) is 7.85. The number of hydrogen-bond acceptors (Lipinski definition) is 2. The smallest absolute Gasteiger partial charge is 0.161 e. The van der Waals surface area contributed by atoms with Crippen molar-refractivity contribution in [3.05, 3.63) is 206 Å². The van der Waals surface area contributed by atoms with Crippen LogP contribution in [0.2, 0.25) is 0 Å². The van der Waals surface area contributed by atoms with Gasteiger partial charge in [-0.25, -0.2) is 9.97 Å². The first-order chi connectivity index (χ1) is 26.8. The predicted octanol–water partition coefficient (Wildman–Crippen LogP) is 13.9. The largest absolute Gasteiger partial charge is 0.228 e. The molecule has 0 N–H and O–H groups in total. The highest BCUT2D eigenvalue weighted by Gasteiger charge is 2.19. The van der Waals surface area contributed by atoms with Crippen LogP contribution in [0.15, 0.2) is 206 Å². The van der Waals surface area contributed by atoms with Gasteiger partial charge in [0.1, 0.15) is 0 Å². The quantitative estimate of drug-likeness (QED) is 0.129. The van der Waals surface area contributed by atoms with Gasteiger partial charge in [0.15, 0.2) is 5.82 Å². The van der Waals surface area contributed by atoms with Gasteiger partial charge in [0.05, 0.1) is 11.4 Å². The van der Waals surface area contributed by atoms with Crippen LogP contribution in [0, 0.1) is 0 Å². The van der Waals surface area contributed by atoms with Crippen LogP contribution < -0.4 is 0 Å². The number of benzene rings is 9. The Balaban J connectivity index is 1.23. The lowest BCUT2D eigenvalue weighted by molar-refractivity contribution is 1.19. The maximum atomic E-state index is 5.47. The minimum absolute atomic E-state index is 0.708. The summed E-state index contributed by atoms with van der Waals surface area (Å²) in [5, 5.41) is 7.07. The van der Waals surface area contributed by atoms with Crippen LogP contribution in [0.5, 0.6) is 0 Å². The molecule has 0 spiro atoms. The topological polar surface area (TPSA) is 25.8 Å². The lowest BCUT2D eigenvalue weighted by Crippen LogP contribution is -1.98. The molecule has 0 saturated heterocycles. The van der Waals surface area contributed by atoms with E-state index in [0.717, 1.165) is 55.4 Å². The molecule has 9 aromatic carbocycles. The molecule has 0 aliphatic rings. The summed E-state index contributed by atoms with van der Waals surface area (Å²) in [4.78, 5) is 10.9. The second-order valence-electron chi connectivity index (χ2n) is 13.8. The monoisotopic (exact) mass is 686 g/mol. The van der Waals surface area contributed by atoms with Crippen LogP contribution in [-0.4, -0.2) is 9.97 Å². The van der Waals surface area contributed by atoms with E-state index in [-0.39, 0.29) is 0 Å². The summed E-state index contributed by atoms with van der Waals surface area (Å²) in [6.45, 7) is 0. The Hall–Kier alpha value is -7.16. The van der Waals surface area contributed by atoms with Crippen molar-refractivity contribution < 1.29 is 0 Å². The SMILES string of the molecule is c1ccc(-c2ccc(-c3cc(-c4ccc(-c5ccccc5)c(-c5ccccc5)c4)nc(-c4c5ccccc5cc5c4ccc4ccccc45)n3)cc2)cc1. The minimum atomic E-state index is 0.708. The fourth-order valence-electron chi connectivity index (χ4n) is 7.81. The van der Waals surface area contributed by atoms with Gasteiger partial charge in [0.2, 0.25) is 0 Å². The van der Waals surface area contributed by atoms with Gasteiger partial charge in [-0.3, -0.25) is 0 Å². The summed E-state index contributed by atoms with van der Waals surface area (Å²) in [6.07, 6.45) is 0. The summed E-state index contributed by atoms with van der Waals surface area (Å²) in [6, 6.07) is 73.4. The molecule has 10 rings (SSSR count). The number of rotatable bonds is 6. The summed E-state index contributed by atoms with van der Waals surface area (Å²) < 4.78 is 0. The molecule has 0 fully saturated rings. The van der Waals surface area contributed by atoms with E-state index in [9.17, 15) is 0 Å². The zero-order valence-corrected chi connectivity index (χ0v) is 29.5. The third-order valence-corrected chi connectivity index (χ3v) is 10.5. The Morgan fingerprint density at radius 3 is 1.48 bits per heavy atom. The van der Waals surface area contributed by atoms with E-state index in [2.05, 4.69) is 206 Å². The fraction of sp³-hybridized carbons (Fsp3) is 0. The maximum Gasteiger partial charge on any atom is 0.161 e. The molecule has 10 aromatic rings. The van der Waals surface area contributed by atoms with E-state index in [0.29, 0.717) is 5.82 Å². The average molecular weight is 687 g/mol. The van der Waals surface area contributed by atoms with Gasteiger partial charge in [-0.2, -0.15) is 0 Å². The lowest BCUT2D eigenvalue weighted by atomic mass is 9.91. The van der Waals surface area contributed by atoms with E-state index >= 15 is 0 Å². The molecule has 0 unspecified atom stereocenters. The highest BCUT2D eigenvalue weighted by atomic mass is 14.9. The van der Waals surface area contributed by atoms with E-state index < -0.39 is 0 Å². The highest BCUT2D eigenvalue weighted by molar-refractivity contribution is 6.19. The van der Waals surface area contributed by atoms with Gasteiger partial charge in [-0.1, -0.05) is 188 Å². The maximum absolute atomic E-state index is 5.47. The molecule has 0 bridgehead atoms. The summed E-state index contributed by atoms with van der Waals surface area (Å²) in [7, 11) is 0. The number of nitrogens with zero attached hydrogens (tertiary/aromatic N) is 2. The molecule has 0 saturated carbocycles. The first kappa shape index (κ1) is 31.6. The minimum Gasteiger partial charge on any atom is -0.228 e. The van der Waals surface area contributed by atoms with E-state index in [4.69, 9.17) is 9.97 Å². The molecule has 2 heteroatoms. The van der Waals surface area contributed by atoms with Crippen molar-refractivity contribution in [2.75, 3.05) is 0 Å². The second kappa shape index (κ2) is 13.4. The molecule has 54 heavy (non-hydrogen) atoms. The van der Waals surface area contributed by atoms with Gasteiger partial charge < -0.3 is 0 Å². The third kappa shape index (κ3) is 5.71. The summed E-state index contributed by atoms with van der Waals surface area (Å²) in [5.74, 6) is 0.708. The molecule has 1 aromatic heterocycles. The lowest BCUT2D eigenvalue weighted by Gasteiger charge is -2.16. The molecule has 0 aliphatic heterocycles. The van der Waals surface area contributed by atoms with Crippen LogP contribution in [0.25, 0.3) is 99.6 Å². The first-order valence-corrected chi connectivity index (χ1v) is 18.4. The van der Waals surface area contributed by atoms with Crippen molar-refractivity contribution >= 4 is 32.3 Å². The molecule has 0 atom stereocenters. The van der Waals surface area contributed by atoms with Crippen LogP contribution in [0.3, 0.4) is 0 Å². The van der Waals surface area contributed by atoms with E-state index in [1.165, 1.54) is 38.4 Å². The van der Waals surface area contributed by atoms with Crippen LogP contribution in [0.1, 0.15) is 0 Å². The van der Waals surface area contributed by atoms with E-state index in [1.54, 1.807) is 0 Å². The van der Waals surface area contributed by atoms with Gasteiger partial charge in [-0.05, 0) is 83.9 Å². The van der Waals surface area contributed by atoms with Crippen molar-refractivity contribution in [1.29, 1.82) is 0 Å². The van der Waals surface area contributed by atoms with Crippen molar-refractivity contribution in [2.24, 2.45) is 0 Å². The van der Waals surface area contributed by atoms with Gasteiger partial charge in [-0.15, -0.1) is 0 Å². The van der Waals surface area contributed by atoms with Crippen LogP contribution in [0.4, 0.5) is 0 Å². The molecule has 1 heterocycles. The van der Waals surface area contributed by atoms with Gasteiger partial charge in [0, 0.05) is 16.7 Å². The van der Waals surface area contributed by atoms with Crippen molar-refractivity contribution in [3.63, 3.8) is 0 Å². The Labute approximate surface area is 314 Å². The third-order valence-electron chi connectivity index (χ3n) is 10.5. The molecule has 252 valence electrons. The van der Waals surface area contributed by atoms with Crippen molar-refractivity contribution in [3.8, 4) is 67.3 Å². The molecular weight excluding hydrogens is 653 g/mol. The van der Waals surface area contributed by atoms with Crippen molar-refractivity contribution in [1.82, 2.24) is 9.97 Å². The molecule has 0 radical (unpaired) electrons. The molecular formula is C52H34N2. The first-order valence-electron chi connectivity index (χ1n) is 18.4. The van der Waals surface area contributed by atoms with Crippen molar-refractivity contribution in [2.45, 2.75) is 0 Å². The fourth-order valence-corrected chi connectivity index (χ4v) is 7.81. The Morgan fingerprint density at radius 1 is 0.259 bits per heavy atom. The van der Waals surface area contributed by atoms with Gasteiger partial charge in [0.25, 0.3) is 0 Å². The standard InChI is InChI=1S/C52H34N2/c1-4-14-35(15-5-1)36-24-26-40(27-25-36)49-34-50(42-29-30-44(37-16-6-2-7-17-37)47(33-42)38-18-8-3-9-19-38)54-52(53-49)51-45-23-13-11-21-41(45)32-48-43-22-12-10-20-39(43)28-31-46(48)51/h1-34H. The predicted molar refractivity (Wildman–Crippen MR) is 227 cm³/mol. The normalized spacial score (nSPS) is 11.3. The zero-order chi connectivity index (χ0) is 35.8. The van der Waals surface area contributed by atoms with E-state index in [1.807, 2.05) is 0 Å². The molecule has 2 nitrogen and oxygen atoms in total. The average Bonchev–Trinajstić information content (AvgIpc) is 3.26. The summed E-state index contributed by atoms with van der Waals surface area (Å²) in [5.41, 5.74) is 11.9. The van der Waals surface area contributed by atoms with Crippen LogP contribution >= 0.6 is 0 Å². The summed E-state index contributed by atoms with van der Waals surface area (Å²) >= 11 is 0. The number of hydrogen-bond donors (Lipinski definition) is 0. The van der Waals surface area contributed by atoms with Crippen LogP contribution in [-0.2, 0) is 0 Å². The second-order valence-corrected chi connectivity index (χ2v) is 13.8. The molecule has 0 amide bonds. The molecule has 0 aliphatic carbocycles. The highest BCUT2D eigenvalue weighted by Crippen LogP contribution is 2.41. The zero-order valence-electron chi connectivity index (χ0n) is 29.5. The Morgan fingerprint density at radius 2 is 0.778 bits per heavy atom. The number of aromatic nitrogens is 2. The number of fused-ring (bicyclic) bond motifs is 4.